The zero-order valence-corrected chi connectivity index (χ0v) is 18.5. The lowest BCUT2D eigenvalue weighted by atomic mass is 10.0. The lowest BCUT2D eigenvalue weighted by Crippen LogP contribution is -2.14. The van der Waals surface area contributed by atoms with Gasteiger partial charge in [0.2, 0.25) is 0 Å². The van der Waals surface area contributed by atoms with E-state index in [4.69, 9.17) is 32.7 Å². The Morgan fingerprint density at radius 3 is 2.34 bits per heavy atom. The van der Waals surface area contributed by atoms with Crippen molar-refractivity contribution in [2.24, 2.45) is 5.92 Å². The molecule has 0 spiro atoms. The van der Waals surface area contributed by atoms with Gasteiger partial charge in [0.05, 0.1) is 16.7 Å². The van der Waals surface area contributed by atoms with Crippen molar-refractivity contribution in [3.63, 3.8) is 0 Å². The molecule has 0 fully saturated rings. The first-order chi connectivity index (χ1) is 14.0. The number of unbranched alkanes of at least 4 members (excludes halogenated alkanes) is 1. The smallest absolute Gasteiger partial charge is 0.311 e. The number of esters is 2. The van der Waals surface area contributed by atoms with E-state index in [0.29, 0.717) is 35.1 Å². The largest absolute Gasteiger partial charge is 0.465 e. The van der Waals surface area contributed by atoms with E-state index in [2.05, 4.69) is 13.8 Å². The van der Waals surface area contributed by atoms with Crippen LogP contribution < -0.4 is 4.74 Å². The summed E-state index contributed by atoms with van der Waals surface area (Å²) in [6, 6.07) is 8.88. The van der Waals surface area contributed by atoms with Crippen LogP contribution in [0.25, 0.3) is 10.8 Å². The number of rotatable bonds is 11. The Bertz CT molecular complexity index is 835. The molecule has 6 heteroatoms. The number of halogens is 2. The third kappa shape index (κ3) is 7.20. The number of fused-ring (bicyclic) bond motifs is 1. The molecule has 0 saturated carbocycles. The molecule has 0 bridgehead atoms. The van der Waals surface area contributed by atoms with Gasteiger partial charge in [-0.05, 0) is 24.8 Å². The van der Waals surface area contributed by atoms with Crippen molar-refractivity contribution in [1.82, 2.24) is 0 Å². The van der Waals surface area contributed by atoms with Crippen molar-refractivity contribution < 1.29 is 19.1 Å². The van der Waals surface area contributed by atoms with Crippen LogP contribution in [0.2, 0.25) is 10.0 Å². The maximum absolute atomic E-state index is 12.2. The number of benzene rings is 2. The Hall–Kier alpha value is -1.78. The molecule has 0 aliphatic heterocycles. The van der Waals surface area contributed by atoms with E-state index in [9.17, 15) is 9.59 Å². The summed E-state index contributed by atoms with van der Waals surface area (Å²) in [6.07, 6.45) is 5.01. The van der Waals surface area contributed by atoms with Gasteiger partial charge in [-0.1, -0.05) is 80.6 Å². The Kier molecular flexibility index (Phi) is 9.75. The summed E-state index contributed by atoms with van der Waals surface area (Å²) in [5.41, 5.74) is 0. The summed E-state index contributed by atoms with van der Waals surface area (Å²) in [4.78, 5) is 24.2. The van der Waals surface area contributed by atoms with Gasteiger partial charge in [-0.3, -0.25) is 9.59 Å². The second kappa shape index (κ2) is 12.0. The molecule has 2 rings (SSSR count). The van der Waals surface area contributed by atoms with Crippen LogP contribution in [-0.2, 0) is 14.3 Å². The molecular weight excluding hydrogens is 411 g/mol. The van der Waals surface area contributed by atoms with Crippen molar-refractivity contribution in [1.29, 1.82) is 0 Å². The Balaban J connectivity index is 1.82. The molecule has 0 amide bonds. The van der Waals surface area contributed by atoms with Crippen LogP contribution in [0.3, 0.4) is 0 Å². The Morgan fingerprint density at radius 1 is 0.966 bits per heavy atom. The van der Waals surface area contributed by atoms with Crippen molar-refractivity contribution in [2.75, 3.05) is 6.61 Å². The monoisotopic (exact) mass is 438 g/mol. The molecule has 1 unspecified atom stereocenters. The van der Waals surface area contributed by atoms with Crippen LogP contribution >= 0.6 is 23.2 Å². The predicted molar refractivity (Wildman–Crippen MR) is 118 cm³/mol. The van der Waals surface area contributed by atoms with Crippen LogP contribution in [0.5, 0.6) is 5.75 Å². The first-order valence-electron chi connectivity index (χ1n) is 10.2. The maximum atomic E-state index is 12.2. The maximum Gasteiger partial charge on any atom is 0.311 e. The molecule has 0 aromatic heterocycles. The molecule has 0 N–H and O–H groups in total. The second-order valence-corrected chi connectivity index (χ2v) is 7.96. The van der Waals surface area contributed by atoms with Crippen molar-refractivity contribution in [3.05, 3.63) is 40.4 Å². The van der Waals surface area contributed by atoms with Crippen molar-refractivity contribution in [3.8, 4) is 5.75 Å². The molecule has 0 radical (unpaired) electrons. The standard InChI is InChI=1S/C23H28Cl2O4/c1-3-5-9-16(4-2)15-28-21(26)12-8-13-22(27)29-23-18-11-7-6-10-17(18)19(24)14-20(23)25/h6-7,10-11,14,16H,3-5,8-9,12-13,15H2,1-2H3. The van der Waals surface area contributed by atoms with E-state index < -0.39 is 5.97 Å². The molecule has 0 heterocycles. The van der Waals surface area contributed by atoms with E-state index in [1.165, 1.54) is 0 Å². The lowest BCUT2D eigenvalue weighted by molar-refractivity contribution is -0.145. The number of carbonyl (C=O) groups is 2. The highest BCUT2D eigenvalue weighted by atomic mass is 35.5. The van der Waals surface area contributed by atoms with Crippen molar-refractivity contribution in [2.45, 2.75) is 58.8 Å². The fourth-order valence-electron chi connectivity index (χ4n) is 3.10. The average Bonchev–Trinajstić information content (AvgIpc) is 2.71. The molecular formula is C23H28Cl2O4. The summed E-state index contributed by atoms with van der Waals surface area (Å²) in [7, 11) is 0. The number of hydrogen-bond acceptors (Lipinski definition) is 4. The molecule has 2 aromatic carbocycles. The van der Waals surface area contributed by atoms with Gasteiger partial charge in [-0.2, -0.15) is 0 Å². The number of hydrogen-bond donors (Lipinski definition) is 0. The minimum Gasteiger partial charge on any atom is -0.465 e. The van der Waals surface area contributed by atoms with Gasteiger partial charge < -0.3 is 9.47 Å². The quantitative estimate of drug-likeness (QED) is 0.280. The van der Waals surface area contributed by atoms with Crippen LogP contribution in [0.1, 0.15) is 58.8 Å². The SMILES string of the molecule is CCCCC(CC)COC(=O)CCCC(=O)Oc1c(Cl)cc(Cl)c2ccccc12. The van der Waals surface area contributed by atoms with Gasteiger partial charge in [-0.15, -0.1) is 0 Å². The van der Waals surface area contributed by atoms with Gasteiger partial charge in [0.25, 0.3) is 0 Å². The van der Waals surface area contributed by atoms with E-state index in [1.807, 2.05) is 18.2 Å². The Morgan fingerprint density at radius 2 is 1.66 bits per heavy atom. The highest BCUT2D eigenvalue weighted by molar-refractivity contribution is 6.40. The normalized spacial score (nSPS) is 12.0. The first kappa shape index (κ1) is 23.5. The summed E-state index contributed by atoms with van der Waals surface area (Å²) in [5.74, 6) is -0.0190. The van der Waals surface area contributed by atoms with Crippen LogP contribution in [-0.4, -0.2) is 18.5 Å². The first-order valence-corrected chi connectivity index (χ1v) is 10.9. The van der Waals surface area contributed by atoms with Gasteiger partial charge in [0, 0.05) is 23.6 Å². The molecule has 1 atom stereocenters. The van der Waals surface area contributed by atoms with E-state index in [0.717, 1.165) is 31.1 Å². The topological polar surface area (TPSA) is 52.6 Å². The van der Waals surface area contributed by atoms with Crippen LogP contribution in [0.4, 0.5) is 0 Å². The summed E-state index contributed by atoms with van der Waals surface area (Å²) < 4.78 is 10.8. The van der Waals surface area contributed by atoms with Gasteiger partial charge in [0.15, 0.2) is 5.75 Å². The minimum atomic E-state index is -0.443. The highest BCUT2D eigenvalue weighted by Crippen LogP contribution is 2.38. The summed E-state index contributed by atoms with van der Waals surface area (Å²) in [6.45, 7) is 4.71. The Labute approximate surface area is 182 Å². The molecule has 0 aliphatic carbocycles. The molecule has 158 valence electrons. The minimum absolute atomic E-state index is 0.107. The van der Waals surface area contributed by atoms with E-state index in [1.54, 1.807) is 12.1 Å². The average molecular weight is 439 g/mol. The summed E-state index contributed by atoms with van der Waals surface area (Å²) >= 11 is 12.4. The van der Waals surface area contributed by atoms with Gasteiger partial charge in [-0.25, -0.2) is 0 Å². The second-order valence-electron chi connectivity index (χ2n) is 7.14. The van der Waals surface area contributed by atoms with Crippen molar-refractivity contribution >= 4 is 45.9 Å². The summed E-state index contributed by atoms with van der Waals surface area (Å²) in [5, 5.41) is 2.21. The van der Waals surface area contributed by atoms with Gasteiger partial charge >= 0.3 is 11.9 Å². The van der Waals surface area contributed by atoms with Gasteiger partial charge in [0.1, 0.15) is 0 Å². The lowest BCUT2D eigenvalue weighted by Gasteiger charge is -2.14. The zero-order valence-electron chi connectivity index (χ0n) is 17.0. The van der Waals surface area contributed by atoms with Crippen LogP contribution in [0.15, 0.2) is 30.3 Å². The third-order valence-electron chi connectivity index (χ3n) is 4.90. The zero-order chi connectivity index (χ0) is 21.2. The fraction of sp³-hybridized carbons (Fsp3) is 0.478. The van der Waals surface area contributed by atoms with E-state index in [-0.39, 0.29) is 23.8 Å². The highest BCUT2D eigenvalue weighted by Gasteiger charge is 2.16. The molecule has 0 aliphatic rings. The third-order valence-corrected chi connectivity index (χ3v) is 5.49. The molecule has 4 nitrogen and oxygen atoms in total. The molecule has 2 aromatic rings. The predicted octanol–water partition coefficient (Wildman–Crippen LogP) is 6.98. The fourth-order valence-corrected chi connectivity index (χ4v) is 3.68. The van der Waals surface area contributed by atoms with E-state index >= 15 is 0 Å². The molecule has 29 heavy (non-hydrogen) atoms. The number of carbonyl (C=O) groups excluding carboxylic acids is 2. The van der Waals surface area contributed by atoms with Crippen LogP contribution in [0, 0.1) is 5.92 Å². The molecule has 0 saturated heterocycles. The number of ether oxygens (including phenoxy) is 2.